The van der Waals surface area contributed by atoms with Crippen LogP contribution in [0.3, 0.4) is 0 Å². The number of rotatable bonds is 4. The van der Waals surface area contributed by atoms with Gasteiger partial charge in [-0.25, -0.2) is 0 Å². The number of carbonyl (C=O) groups excluding carboxylic acids is 2. The van der Waals surface area contributed by atoms with Crippen LogP contribution in [0.1, 0.15) is 51.4 Å². The van der Waals surface area contributed by atoms with Crippen molar-refractivity contribution >= 4 is 34.8 Å². The van der Waals surface area contributed by atoms with Gasteiger partial charge in [0.15, 0.2) is 0 Å². The van der Waals surface area contributed by atoms with E-state index in [0.29, 0.717) is 23.7 Å². The number of hydrogen-bond donors (Lipinski definition) is 1. The second-order valence-electron chi connectivity index (χ2n) is 7.24. The van der Waals surface area contributed by atoms with Crippen molar-refractivity contribution in [3.05, 3.63) is 23.2 Å². The first-order chi connectivity index (χ1) is 12.6. The Hall–Kier alpha value is -1.75. The lowest BCUT2D eigenvalue weighted by atomic mass is 10.1. The quantitative estimate of drug-likeness (QED) is 0.860. The highest BCUT2D eigenvalue weighted by atomic mass is 35.5. The predicted octanol–water partition coefficient (Wildman–Crippen LogP) is 4.06. The number of carbonyl (C=O) groups is 2. The summed E-state index contributed by atoms with van der Waals surface area (Å²) in [6, 6.07) is 5.67. The third-order valence-corrected chi connectivity index (χ3v) is 5.49. The number of halogens is 1. The van der Waals surface area contributed by atoms with Crippen LogP contribution in [0.15, 0.2) is 18.2 Å². The zero-order valence-electron chi connectivity index (χ0n) is 15.3. The summed E-state index contributed by atoms with van der Waals surface area (Å²) in [6.45, 7) is 2.84. The molecule has 142 valence electrons. The molecule has 2 fully saturated rings. The zero-order valence-corrected chi connectivity index (χ0v) is 16.1. The minimum Gasteiger partial charge on any atom is -0.370 e. The van der Waals surface area contributed by atoms with Gasteiger partial charge in [-0.1, -0.05) is 24.4 Å². The number of nitrogens with zero attached hydrogens (tertiary/aromatic N) is 2. The van der Waals surface area contributed by atoms with Gasteiger partial charge in [-0.05, 0) is 50.3 Å². The summed E-state index contributed by atoms with van der Waals surface area (Å²) in [6.07, 6.45) is 8.32. The molecule has 1 aromatic carbocycles. The molecule has 26 heavy (non-hydrogen) atoms. The van der Waals surface area contributed by atoms with Crippen LogP contribution in [-0.2, 0) is 9.59 Å². The van der Waals surface area contributed by atoms with Gasteiger partial charge in [-0.15, -0.1) is 0 Å². The highest BCUT2D eigenvalue weighted by Crippen LogP contribution is 2.30. The predicted molar refractivity (Wildman–Crippen MR) is 106 cm³/mol. The summed E-state index contributed by atoms with van der Waals surface area (Å²) < 4.78 is 0. The summed E-state index contributed by atoms with van der Waals surface area (Å²) in [5.41, 5.74) is 1.71. The number of amides is 2. The molecule has 6 heteroatoms. The highest BCUT2D eigenvalue weighted by molar-refractivity contribution is 6.33. The molecule has 1 N–H and O–H groups in total. The standard InChI is InChI=1S/C20H28ClN3O2/c21-17-14-16(9-10-18(17)23-11-6-3-7-12-23)22-19(25)15-24-13-5-2-1-4-8-20(24)26/h9-10,14H,1-8,11-13,15H2,(H,22,25). The second kappa shape index (κ2) is 9.26. The molecule has 1 aromatic rings. The maximum absolute atomic E-state index is 12.4. The third-order valence-electron chi connectivity index (χ3n) is 5.18. The molecule has 2 saturated heterocycles. The van der Waals surface area contributed by atoms with Gasteiger partial charge >= 0.3 is 0 Å². The molecule has 0 bridgehead atoms. The number of likely N-dealkylation sites (tertiary alicyclic amines) is 1. The van der Waals surface area contributed by atoms with Crippen LogP contribution in [0.4, 0.5) is 11.4 Å². The first-order valence-corrected chi connectivity index (χ1v) is 10.1. The van der Waals surface area contributed by atoms with E-state index in [1.54, 1.807) is 11.0 Å². The van der Waals surface area contributed by atoms with Gasteiger partial charge in [-0.3, -0.25) is 9.59 Å². The summed E-state index contributed by atoms with van der Waals surface area (Å²) >= 11 is 6.44. The minimum atomic E-state index is -0.166. The number of nitrogens with one attached hydrogen (secondary N) is 1. The maximum atomic E-state index is 12.4. The van der Waals surface area contributed by atoms with Crippen molar-refractivity contribution in [3.8, 4) is 0 Å². The van der Waals surface area contributed by atoms with Crippen molar-refractivity contribution in [3.63, 3.8) is 0 Å². The second-order valence-corrected chi connectivity index (χ2v) is 7.65. The molecule has 0 spiro atoms. The molecule has 3 rings (SSSR count). The van der Waals surface area contributed by atoms with Crippen molar-refractivity contribution in [1.82, 2.24) is 4.90 Å². The van der Waals surface area contributed by atoms with E-state index in [9.17, 15) is 9.59 Å². The van der Waals surface area contributed by atoms with Crippen LogP contribution in [0.2, 0.25) is 5.02 Å². The molecule has 0 radical (unpaired) electrons. The summed E-state index contributed by atoms with van der Waals surface area (Å²) in [5, 5.41) is 3.54. The van der Waals surface area contributed by atoms with Gasteiger partial charge < -0.3 is 15.1 Å². The topological polar surface area (TPSA) is 52.7 Å². The largest absolute Gasteiger partial charge is 0.370 e. The maximum Gasteiger partial charge on any atom is 0.243 e. The van der Waals surface area contributed by atoms with Gasteiger partial charge in [0.1, 0.15) is 0 Å². The van der Waals surface area contributed by atoms with Crippen LogP contribution >= 0.6 is 11.6 Å². The molecule has 2 heterocycles. The Morgan fingerprint density at radius 3 is 2.46 bits per heavy atom. The Bertz CT molecular complexity index is 644. The summed E-state index contributed by atoms with van der Waals surface area (Å²) in [7, 11) is 0. The van der Waals surface area contributed by atoms with Crippen LogP contribution in [0.5, 0.6) is 0 Å². The van der Waals surface area contributed by atoms with Crippen LogP contribution in [0, 0.1) is 0 Å². The van der Waals surface area contributed by atoms with Crippen molar-refractivity contribution in [2.75, 3.05) is 36.4 Å². The Morgan fingerprint density at radius 2 is 1.69 bits per heavy atom. The normalized spacial score (nSPS) is 19.0. The lowest BCUT2D eigenvalue weighted by molar-refractivity contribution is -0.135. The number of piperidine rings is 1. The Labute approximate surface area is 160 Å². The number of hydrogen-bond acceptors (Lipinski definition) is 3. The SMILES string of the molecule is O=C(CN1CCCCCCC1=O)Nc1ccc(N2CCCCC2)c(Cl)c1. The minimum absolute atomic E-state index is 0.0818. The molecule has 0 atom stereocenters. The van der Waals surface area contributed by atoms with E-state index in [1.807, 2.05) is 12.1 Å². The lowest BCUT2D eigenvalue weighted by Crippen LogP contribution is -2.39. The van der Waals surface area contributed by atoms with Crippen molar-refractivity contribution in [2.24, 2.45) is 0 Å². The van der Waals surface area contributed by atoms with E-state index in [2.05, 4.69) is 10.2 Å². The van der Waals surface area contributed by atoms with Gasteiger partial charge in [0, 0.05) is 31.7 Å². The van der Waals surface area contributed by atoms with E-state index >= 15 is 0 Å². The van der Waals surface area contributed by atoms with E-state index in [0.717, 1.165) is 44.5 Å². The fourth-order valence-corrected chi connectivity index (χ4v) is 4.03. The van der Waals surface area contributed by atoms with Crippen molar-refractivity contribution in [2.45, 2.75) is 51.4 Å². The third kappa shape index (κ3) is 5.13. The van der Waals surface area contributed by atoms with Crippen LogP contribution in [-0.4, -0.2) is 42.9 Å². The molecular formula is C20H28ClN3O2. The summed E-state index contributed by atoms with van der Waals surface area (Å²) in [5.74, 6) is -0.0842. The summed E-state index contributed by atoms with van der Waals surface area (Å²) in [4.78, 5) is 28.5. The lowest BCUT2D eigenvalue weighted by Gasteiger charge is -2.29. The Kier molecular flexibility index (Phi) is 6.78. The molecule has 2 aliphatic rings. The van der Waals surface area contributed by atoms with E-state index in [4.69, 9.17) is 11.6 Å². The molecular weight excluding hydrogens is 350 g/mol. The van der Waals surface area contributed by atoms with Gasteiger partial charge in [0.2, 0.25) is 11.8 Å². The molecule has 0 saturated carbocycles. The molecule has 2 aliphatic heterocycles. The van der Waals surface area contributed by atoms with E-state index < -0.39 is 0 Å². The Morgan fingerprint density at radius 1 is 1.00 bits per heavy atom. The van der Waals surface area contributed by atoms with Crippen molar-refractivity contribution in [1.29, 1.82) is 0 Å². The smallest absolute Gasteiger partial charge is 0.243 e. The highest BCUT2D eigenvalue weighted by Gasteiger charge is 2.19. The Balaban J connectivity index is 1.58. The average Bonchev–Trinajstić information content (AvgIpc) is 2.62. The van der Waals surface area contributed by atoms with Crippen LogP contribution < -0.4 is 10.2 Å². The first kappa shape index (κ1) is 19.0. The first-order valence-electron chi connectivity index (χ1n) is 9.75. The van der Waals surface area contributed by atoms with E-state index in [-0.39, 0.29) is 18.4 Å². The fourth-order valence-electron chi connectivity index (χ4n) is 3.73. The average molecular weight is 378 g/mol. The van der Waals surface area contributed by atoms with Gasteiger partial charge in [0.05, 0.1) is 17.3 Å². The van der Waals surface area contributed by atoms with E-state index in [1.165, 1.54) is 19.3 Å². The monoisotopic (exact) mass is 377 g/mol. The molecule has 5 nitrogen and oxygen atoms in total. The van der Waals surface area contributed by atoms with Crippen LogP contribution in [0.25, 0.3) is 0 Å². The van der Waals surface area contributed by atoms with Gasteiger partial charge in [-0.2, -0.15) is 0 Å². The number of anilines is 2. The molecule has 0 unspecified atom stereocenters. The number of benzene rings is 1. The van der Waals surface area contributed by atoms with Crippen molar-refractivity contribution < 1.29 is 9.59 Å². The van der Waals surface area contributed by atoms with Gasteiger partial charge in [0.25, 0.3) is 0 Å². The molecule has 2 amide bonds. The fraction of sp³-hybridized carbons (Fsp3) is 0.600. The molecule has 0 aromatic heterocycles. The zero-order chi connectivity index (χ0) is 18.4. The molecule has 0 aliphatic carbocycles.